The van der Waals surface area contributed by atoms with E-state index in [4.69, 9.17) is 14.1 Å². The molecular formula is C22H31N5O2. The molecule has 0 spiro atoms. The maximum absolute atomic E-state index is 6.23. The van der Waals surface area contributed by atoms with E-state index in [9.17, 15) is 0 Å². The van der Waals surface area contributed by atoms with Crippen LogP contribution in [0.5, 0.6) is 0 Å². The molecule has 0 bridgehead atoms. The average molecular weight is 398 g/mol. The van der Waals surface area contributed by atoms with Gasteiger partial charge in [0.15, 0.2) is 11.4 Å². The largest absolute Gasteiger partial charge is 0.432 e. The van der Waals surface area contributed by atoms with Gasteiger partial charge >= 0.3 is 0 Å². The molecule has 0 atom stereocenters. The summed E-state index contributed by atoms with van der Waals surface area (Å²) in [6, 6.07) is 0. The van der Waals surface area contributed by atoms with Crippen molar-refractivity contribution in [2.75, 3.05) is 32.5 Å². The third-order valence-corrected chi connectivity index (χ3v) is 5.48. The molecule has 0 aliphatic carbocycles. The summed E-state index contributed by atoms with van der Waals surface area (Å²) >= 11 is 0. The van der Waals surface area contributed by atoms with Crippen molar-refractivity contribution in [3.8, 4) is 0 Å². The van der Waals surface area contributed by atoms with Crippen LogP contribution in [0.2, 0.25) is 0 Å². The van der Waals surface area contributed by atoms with E-state index in [2.05, 4.69) is 55.1 Å². The molecule has 7 heteroatoms. The number of rotatable bonds is 7. The van der Waals surface area contributed by atoms with E-state index >= 15 is 0 Å². The molecule has 0 saturated heterocycles. The van der Waals surface area contributed by atoms with Crippen molar-refractivity contribution >= 4 is 28.0 Å². The van der Waals surface area contributed by atoms with Gasteiger partial charge < -0.3 is 19.4 Å². The van der Waals surface area contributed by atoms with Crippen LogP contribution < -0.4 is 5.32 Å². The van der Waals surface area contributed by atoms with Crippen LogP contribution >= 0.6 is 0 Å². The lowest BCUT2D eigenvalue weighted by atomic mass is 9.88. The van der Waals surface area contributed by atoms with Gasteiger partial charge in [0.1, 0.15) is 11.8 Å². The molecule has 7 nitrogen and oxygen atoms in total. The number of fused-ring (bicyclic) bond motifs is 5. The molecule has 0 unspecified atom stereocenters. The quantitative estimate of drug-likeness (QED) is 0.605. The number of anilines is 1. The molecule has 156 valence electrons. The standard InChI is InChI=1S/C22H31N5O2/c1-6-8-16-15-12-28-22(2,3)11-14(15)17-18-19(29-21(17)26-16)20(25-13-24-18)23-9-7-10-27(4)5/h13H,6-12H2,1-5H3,(H,23,24,25). The Morgan fingerprint density at radius 2 is 2.03 bits per heavy atom. The summed E-state index contributed by atoms with van der Waals surface area (Å²) in [7, 11) is 4.16. The van der Waals surface area contributed by atoms with E-state index in [1.54, 1.807) is 6.33 Å². The molecule has 0 radical (unpaired) electrons. The van der Waals surface area contributed by atoms with E-state index in [1.165, 1.54) is 11.1 Å². The molecule has 1 aliphatic rings. The first-order valence-corrected chi connectivity index (χ1v) is 10.5. The molecule has 1 aliphatic heterocycles. The number of nitrogens with zero attached hydrogens (tertiary/aromatic N) is 4. The number of hydrogen-bond donors (Lipinski definition) is 1. The highest BCUT2D eigenvalue weighted by atomic mass is 16.5. The molecular weight excluding hydrogens is 366 g/mol. The highest BCUT2D eigenvalue weighted by Gasteiger charge is 2.32. The first-order chi connectivity index (χ1) is 13.9. The number of hydrogen-bond acceptors (Lipinski definition) is 7. The van der Waals surface area contributed by atoms with Crippen molar-refractivity contribution in [1.29, 1.82) is 0 Å². The summed E-state index contributed by atoms with van der Waals surface area (Å²) in [5, 5.41) is 4.43. The number of pyridine rings is 1. The van der Waals surface area contributed by atoms with Crippen LogP contribution in [0, 0.1) is 0 Å². The summed E-state index contributed by atoms with van der Waals surface area (Å²) in [5.74, 6) is 0.740. The van der Waals surface area contributed by atoms with Crippen molar-refractivity contribution in [1.82, 2.24) is 19.9 Å². The van der Waals surface area contributed by atoms with Gasteiger partial charge in [-0.25, -0.2) is 15.0 Å². The van der Waals surface area contributed by atoms with Crippen LogP contribution in [-0.4, -0.2) is 52.6 Å². The molecule has 4 rings (SSSR count). The van der Waals surface area contributed by atoms with Crippen molar-refractivity contribution in [2.24, 2.45) is 0 Å². The third-order valence-electron chi connectivity index (χ3n) is 5.48. The molecule has 4 heterocycles. The Bertz CT molecular complexity index is 1030. The highest BCUT2D eigenvalue weighted by molar-refractivity contribution is 6.06. The number of aromatic nitrogens is 3. The molecule has 0 aromatic carbocycles. The second kappa shape index (κ2) is 7.88. The number of ether oxygens (including phenoxy) is 1. The Balaban J connectivity index is 1.81. The van der Waals surface area contributed by atoms with Gasteiger partial charge in [-0.3, -0.25) is 0 Å². The van der Waals surface area contributed by atoms with Gasteiger partial charge in [-0.1, -0.05) is 13.3 Å². The predicted octanol–water partition coefficient (Wildman–Crippen LogP) is 3.94. The zero-order valence-electron chi connectivity index (χ0n) is 18.1. The monoisotopic (exact) mass is 397 g/mol. The number of nitrogens with one attached hydrogen (secondary N) is 1. The summed E-state index contributed by atoms with van der Waals surface area (Å²) in [4.78, 5) is 16.1. The topological polar surface area (TPSA) is 76.3 Å². The molecule has 0 saturated carbocycles. The predicted molar refractivity (Wildman–Crippen MR) is 115 cm³/mol. The van der Waals surface area contributed by atoms with Gasteiger partial charge in [0.2, 0.25) is 5.71 Å². The fourth-order valence-corrected chi connectivity index (χ4v) is 4.04. The van der Waals surface area contributed by atoms with E-state index < -0.39 is 0 Å². The molecule has 3 aromatic rings. The maximum Gasteiger partial charge on any atom is 0.229 e. The highest BCUT2D eigenvalue weighted by Crippen LogP contribution is 2.39. The zero-order chi connectivity index (χ0) is 20.6. The summed E-state index contributed by atoms with van der Waals surface area (Å²) in [6.45, 7) is 8.88. The van der Waals surface area contributed by atoms with Gasteiger partial charge in [-0.15, -0.1) is 0 Å². The maximum atomic E-state index is 6.23. The van der Waals surface area contributed by atoms with Crippen molar-refractivity contribution in [3.63, 3.8) is 0 Å². The minimum atomic E-state index is -0.214. The van der Waals surface area contributed by atoms with Gasteiger partial charge in [0.05, 0.1) is 23.3 Å². The van der Waals surface area contributed by atoms with Crippen LogP contribution in [0.3, 0.4) is 0 Å². The zero-order valence-corrected chi connectivity index (χ0v) is 18.1. The van der Waals surface area contributed by atoms with Crippen LogP contribution in [0.1, 0.15) is 50.4 Å². The van der Waals surface area contributed by atoms with Crippen LogP contribution in [0.25, 0.3) is 22.2 Å². The first-order valence-electron chi connectivity index (χ1n) is 10.5. The van der Waals surface area contributed by atoms with E-state index in [1.807, 2.05) is 0 Å². The summed E-state index contributed by atoms with van der Waals surface area (Å²) in [5.41, 5.74) is 5.55. The average Bonchev–Trinajstić information content (AvgIpc) is 3.03. The second-order valence-corrected chi connectivity index (χ2v) is 8.76. The van der Waals surface area contributed by atoms with E-state index in [-0.39, 0.29) is 5.60 Å². The lowest BCUT2D eigenvalue weighted by Crippen LogP contribution is -2.32. The van der Waals surface area contributed by atoms with Gasteiger partial charge in [-0.2, -0.15) is 0 Å². The van der Waals surface area contributed by atoms with Gasteiger partial charge in [0.25, 0.3) is 0 Å². The minimum Gasteiger partial charge on any atom is -0.432 e. The van der Waals surface area contributed by atoms with Crippen LogP contribution in [0.4, 0.5) is 5.82 Å². The Morgan fingerprint density at radius 3 is 2.79 bits per heavy atom. The van der Waals surface area contributed by atoms with Crippen molar-refractivity contribution in [3.05, 3.63) is 23.1 Å². The van der Waals surface area contributed by atoms with Gasteiger partial charge in [0, 0.05) is 18.5 Å². The minimum absolute atomic E-state index is 0.214. The first kappa shape index (κ1) is 20.0. The van der Waals surface area contributed by atoms with Crippen LogP contribution in [-0.2, 0) is 24.2 Å². The van der Waals surface area contributed by atoms with Crippen molar-refractivity contribution < 1.29 is 9.15 Å². The Morgan fingerprint density at radius 1 is 1.21 bits per heavy atom. The molecule has 0 amide bonds. The molecule has 0 fully saturated rings. The molecule has 29 heavy (non-hydrogen) atoms. The Hall–Kier alpha value is -2.25. The number of furan rings is 1. The normalized spacial score (nSPS) is 15.9. The Labute approximate surface area is 171 Å². The molecule has 3 aromatic heterocycles. The Kier molecular flexibility index (Phi) is 5.44. The van der Waals surface area contributed by atoms with Crippen molar-refractivity contribution in [2.45, 2.75) is 58.7 Å². The smallest absolute Gasteiger partial charge is 0.229 e. The fraction of sp³-hybridized carbons (Fsp3) is 0.591. The third kappa shape index (κ3) is 3.94. The summed E-state index contributed by atoms with van der Waals surface area (Å²) < 4.78 is 12.3. The second-order valence-electron chi connectivity index (χ2n) is 8.76. The lowest BCUT2D eigenvalue weighted by molar-refractivity contribution is -0.0401. The van der Waals surface area contributed by atoms with Gasteiger partial charge in [-0.05, 0) is 52.9 Å². The molecule has 1 N–H and O–H groups in total. The van der Waals surface area contributed by atoms with E-state index in [0.29, 0.717) is 17.9 Å². The SMILES string of the molecule is CCCc1nc2oc3c(NCCCN(C)C)ncnc3c2c2c1COC(C)(C)C2. The summed E-state index contributed by atoms with van der Waals surface area (Å²) in [6.07, 6.45) is 5.41. The number of aryl methyl sites for hydroxylation is 1. The van der Waals surface area contributed by atoms with Crippen LogP contribution in [0.15, 0.2) is 10.7 Å². The fourth-order valence-electron chi connectivity index (χ4n) is 4.04. The van der Waals surface area contributed by atoms with E-state index in [0.717, 1.165) is 61.2 Å². The lowest BCUT2D eigenvalue weighted by Gasteiger charge is -2.33.